The Morgan fingerprint density at radius 3 is 3.24 bits per heavy atom. The van der Waals surface area contributed by atoms with Crippen molar-refractivity contribution < 1.29 is 18.7 Å². The van der Waals surface area contributed by atoms with Crippen molar-refractivity contribution in [1.29, 1.82) is 0 Å². The summed E-state index contributed by atoms with van der Waals surface area (Å²) in [6.45, 7) is 5.65. The number of hydrogen-bond acceptors (Lipinski definition) is 4. The monoisotopic (exact) mass is 293 g/mol. The lowest BCUT2D eigenvalue weighted by Gasteiger charge is -2.50. The summed E-state index contributed by atoms with van der Waals surface area (Å²) in [4.78, 5) is 14.5. The molecule has 2 atom stereocenters. The van der Waals surface area contributed by atoms with Crippen molar-refractivity contribution in [3.63, 3.8) is 0 Å². The summed E-state index contributed by atoms with van der Waals surface area (Å²) in [5.74, 6) is 0.0450. The molecule has 2 aliphatic rings. The van der Waals surface area contributed by atoms with E-state index in [1.165, 1.54) is 6.26 Å². The largest absolute Gasteiger partial charge is 0.472 e. The lowest BCUT2D eigenvalue weighted by atomic mass is 9.73. The lowest BCUT2D eigenvalue weighted by Crippen LogP contribution is -2.58. The summed E-state index contributed by atoms with van der Waals surface area (Å²) in [5, 5.41) is 0. The maximum atomic E-state index is 12.5. The molecule has 5 heteroatoms. The van der Waals surface area contributed by atoms with Crippen LogP contribution in [0, 0.1) is 5.41 Å². The zero-order valence-electron chi connectivity index (χ0n) is 12.5. The molecule has 0 saturated carbocycles. The second-order valence-corrected chi connectivity index (χ2v) is 5.99. The van der Waals surface area contributed by atoms with Gasteiger partial charge in [0, 0.05) is 31.7 Å². The Balaban J connectivity index is 1.76. The number of ether oxygens (including phenoxy) is 2. The van der Waals surface area contributed by atoms with Crippen LogP contribution in [-0.4, -0.2) is 49.8 Å². The van der Waals surface area contributed by atoms with Crippen molar-refractivity contribution in [2.45, 2.75) is 32.3 Å². The van der Waals surface area contributed by atoms with Crippen LogP contribution >= 0.6 is 0 Å². The minimum absolute atomic E-state index is 0.0450. The number of hydrogen-bond donors (Lipinski definition) is 0. The molecular formula is C16H23NO4. The van der Waals surface area contributed by atoms with Gasteiger partial charge in [0.1, 0.15) is 6.26 Å². The maximum Gasteiger partial charge on any atom is 0.257 e. The van der Waals surface area contributed by atoms with Gasteiger partial charge in [-0.15, -0.1) is 0 Å². The highest BCUT2D eigenvalue weighted by Gasteiger charge is 2.47. The van der Waals surface area contributed by atoms with E-state index in [1.54, 1.807) is 12.3 Å². The van der Waals surface area contributed by atoms with Gasteiger partial charge in [0.2, 0.25) is 0 Å². The van der Waals surface area contributed by atoms with Crippen molar-refractivity contribution in [1.82, 2.24) is 4.90 Å². The molecule has 0 bridgehead atoms. The Kier molecular flexibility index (Phi) is 4.31. The fraction of sp³-hybridized carbons (Fsp3) is 0.688. The smallest absolute Gasteiger partial charge is 0.257 e. The topological polar surface area (TPSA) is 51.9 Å². The van der Waals surface area contributed by atoms with Crippen LogP contribution < -0.4 is 0 Å². The van der Waals surface area contributed by atoms with Crippen LogP contribution in [-0.2, 0) is 9.47 Å². The van der Waals surface area contributed by atoms with Crippen LogP contribution in [0.15, 0.2) is 23.0 Å². The minimum Gasteiger partial charge on any atom is -0.472 e. The van der Waals surface area contributed by atoms with Crippen LogP contribution in [0.4, 0.5) is 0 Å². The molecule has 5 nitrogen and oxygen atoms in total. The van der Waals surface area contributed by atoms with Gasteiger partial charge in [-0.1, -0.05) is 0 Å². The van der Waals surface area contributed by atoms with E-state index in [4.69, 9.17) is 13.9 Å². The second kappa shape index (κ2) is 6.20. The molecule has 1 aromatic heterocycles. The van der Waals surface area contributed by atoms with Gasteiger partial charge >= 0.3 is 0 Å². The summed E-state index contributed by atoms with van der Waals surface area (Å²) in [6, 6.07) is 1.72. The summed E-state index contributed by atoms with van der Waals surface area (Å²) < 4.78 is 16.7. The first-order valence-corrected chi connectivity index (χ1v) is 7.76. The number of carbonyl (C=O) groups is 1. The first kappa shape index (κ1) is 14.6. The molecule has 2 fully saturated rings. The number of rotatable bonds is 4. The molecule has 3 heterocycles. The molecule has 0 spiro atoms. The first-order chi connectivity index (χ1) is 10.2. The van der Waals surface area contributed by atoms with E-state index in [0.717, 1.165) is 32.4 Å². The SMILES string of the molecule is CCOC[C@@]12CCCO[C@@H]1CCN(C(=O)c1ccoc1)C2. The third kappa shape index (κ3) is 2.85. The van der Waals surface area contributed by atoms with Crippen LogP contribution in [0.5, 0.6) is 0 Å². The standard InChI is InChI=1S/C16H23NO4/c1-2-19-12-16-6-3-8-21-14(16)4-7-17(11-16)15(18)13-5-9-20-10-13/h5,9-10,14H,2-4,6-8,11-12H2,1H3/t14-,16+/m1/s1. The summed E-state index contributed by atoms with van der Waals surface area (Å²) >= 11 is 0. The number of furan rings is 1. The van der Waals surface area contributed by atoms with E-state index in [2.05, 4.69) is 0 Å². The van der Waals surface area contributed by atoms with Gasteiger partial charge in [-0.05, 0) is 32.3 Å². The highest BCUT2D eigenvalue weighted by Crippen LogP contribution is 2.40. The van der Waals surface area contributed by atoms with Gasteiger partial charge in [-0.3, -0.25) is 4.79 Å². The van der Waals surface area contributed by atoms with Crippen molar-refractivity contribution in [2.24, 2.45) is 5.41 Å². The molecule has 0 unspecified atom stereocenters. The van der Waals surface area contributed by atoms with Crippen molar-refractivity contribution in [3.8, 4) is 0 Å². The minimum atomic E-state index is -0.0497. The highest BCUT2D eigenvalue weighted by molar-refractivity contribution is 5.93. The Bertz CT molecular complexity index is 473. The van der Waals surface area contributed by atoms with E-state index in [-0.39, 0.29) is 17.4 Å². The molecule has 3 rings (SSSR count). The number of fused-ring (bicyclic) bond motifs is 1. The zero-order chi connectivity index (χ0) is 14.7. The van der Waals surface area contributed by atoms with Gasteiger partial charge in [0.05, 0.1) is 24.5 Å². The first-order valence-electron chi connectivity index (χ1n) is 7.76. The van der Waals surface area contributed by atoms with Gasteiger partial charge < -0.3 is 18.8 Å². The molecule has 0 radical (unpaired) electrons. The van der Waals surface area contributed by atoms with Crippen molar-refractivity contribution >= 4 is 5.91 Å². The van der Waals surface area contributed by atoms with E-state index >= 15 is 0 Å². The quantitative estimate of drug-likeness (QED) is 0.855. The third-order valence-electron chi connectivity index (χ3n) is 4.64. The number of carbonyl (C=O) groups excluding carboxylic acids is 1. The predicted molar refractivity (Wildman–Crippen MR) is 77.1 cm³/mol. The van der Waals surface area contributed by atoms with E-state index in [0.29, 0.717) is 25.3 Å². The molecule has 2 aliphatic heterocycles. The fourth-order valence-electron chi connectivity index (χ4n) is 3.55. The molecule has 2 saturated heterocycles. The normalized spacial score (nSPS) is 29.2. The van der Waals surface area contributed by atoms with E-state index < -0.39 is 0 Å². The Morgan fingerprint density at radius 2 is 2.48 bits per heavy atom. The Hall–Kier alpha value is -1.33. The number of amides is 1. The molecule has 0 aliphatic carbocycles. The van der Waals surface area contributed by atoms with Crippen LogP contribution in [0.2, 0.25) is 0 Å². The number of likely N-dealkylation sites (tertiary alicyclic amines) is 1. The average molecular weight is 293 g/mol. The second-order valence-electron chi connectivity index (χ2n) is 5.99. The maximum absolute atomic E-state index is 12.5. The molecule has 21 heavy (non-hydrogen) atoms. The van der Waals surface area contributed by atoms with Gasteiger partial charge in [0.25, 0.3) is 5.91 Å². The summed E-state index contributed by atoms with van der Waals surface area (Å²) in [5.41, 5.74) is 0.572. The third-order valence-corrected chi connectivity index (χ3v) is 4.64. The van der Waals surface area contributed by atoms with Crippen LogP contribution in [0.1, 0.15) is 36.5 Å². The molecule has 1 amide bonds. The fourth-order valence-corrected chi connectivity index (χ4v) is 3.55. The molecule has 1 aromatic rings. The van der Waals surface area contributed by atoms with Gasteiger partial charge in [-0.25, -0.2) is 0 Å². The van der Waals surface area contributed by atoms with Gasteiger partial charge in [0.15, 0.2) is 0 Å². The van der Waals surface area contributed by atoms with Gasteiger partial charge in [-0.2, -0.15) is 0 Å². The van der Waals surface area contributed by atoms with Crippen molar-refractivity contribution in [2.75, 3.05) is 32.9 Å². The predicted octanol–water partition coefficient (Wildman–Crippen LogP) is 2.33. The van der Waals surface area contributed by atoms with Crippen LogP contribution in [0.3, 0.4) is 0 Å². The summed E-state index contributed by atoms with van der Waals surface area (Å²) in [7, 11) is 0. The average Bonchev–Trinajstić information content (AvgIpc) is 3.06. The molecule has 116 valence electrons. The Morgan fingerprint density at radius 1 is 1.57 bits per heavy atom. The molecule has 0 aromatic carbocycles. The molecule has 0 N–H and O–H groups in total. The van der Waals surface area contributed by atoms with Crippen molar-refractivity contribution in [3.05, 3.63) is 24.2 Å². The zero-order valence-corrected chi connectivity index (χ0v) is 12.5. The highest BCUT2D eigenvalue weighted by atomic mass is 16.5. The number of piperidine rings is 1. The van der Waals surface area contributed by atoms with E-state index in [9.17, 15) is 4.79 Å². The molecular weight excluding hydrogens is 270 g/mol. The van der Waals surface area contributed by atoms with Crippen LogP contribution in [0.25, 0.3) is 0 Å². The summed E-state index contributed by atoms with van der Waals surface area (Å²) in [6.07, 6.45) is 6.26. The number of nitrogens with zero attached hydrogens (tertiary/aromatic N) is 1. The Labute approximate surface area is 125 Å². The van der Waals surface area contributed by atoms with E-state index in [1.807, 2.05) is 11.8 Å². The lowest BCUT2D eigenvalue weighted by molar-refractivity contribution is -0.146.